The maximum atomic E-state index is 12.0. The molecule has 0 amide bonds. The number of nitrogens with zero attached hydrogens (tertiary/aromatic N) is 2. The highest BCUT2D eigenvalue weighted by Crippen LogP contribution is 2.25. The molecule has 0 radical (unpaired) electrons. The van der Waals surface area contributed by atoms with Gasteiger partial charge in [-0.25, -0.2) is 4.79 Å². The van der Waals surface area contributed by atoms with Crippen LogP contribution >= 0.6 is 24.0 Å². The Hall–Kier alpha value is -0.820. The first-order chi connectivity index (χ1) is 9.28. The fraction of sp³-hybridized carbons (Fsp3) is 0.692. The van der Waals surface area contributed by atoms with Gasteiger partial charge in [-0.05, 0) is 27.7 Å². The number of halogens is 2. The second-order valence-corrected chi connectivity index (χ2v) is 6.42. The zero-order valence-electron chi connectivity index (χ0n) is 12.6. The first kappa shape index (κ1) is 18.2. The summed E-state index contributed by atoms with van der Waals surface area (Å²) in [6.07, 6.45) is 1.05. The third-order valence-electron chi connectivity index (χ3n) is 2.96. The number of nitrogens with one attached hydrogen (secondary N) is 2. The molecule has 2 heterocycles. The van der Waals surface area contributed by atoms with E-state index in [9.17, 15) is 4.79 Å². The van der Waals surface area contributed by atoms with Gasteiger partial charge in [0, 0.05) is 30.7 Å². The van der Waals surface area contributed by atoms with Crippen molar-refractivity contribution in [2.75, 3.05) is 13.1 Å². The first-order valence-corrected chi connectivity index (χ1v) is 7.09. The predicted octanol–water partition coefficient (Wildman–Crippen LogP) is 2.36. The van der Waals surface area contributed by atoms with Gasteiger partial charge in [0.2, 0.25) is 0 Å². The third kappa shape index (κ3) is 4.57. The van der Waals surface area contributed by atoms with Crippen molar-refractivity contribution in [1.29, 1.82) is 0 Å². The van der Waals surface area contributed by atoms with Crippen molar-refractivity contribution < 1.29 is 9.53 Å². The van der Waals surface area contributed by atoms with Crippen LogP contribution in [0.1, 0.15) is 39.3 Å². The quantitative estimate of drug-likeness (QED) is 0.823. The SMILES string of the molecule is CC1CNCC(c2cnn(C(=O)OC(C)(C)C)c2Cl)N1.Cl. The van der Waals surface area contributed by atoms with Gasteiger partial charge in [-0.1, -0.05) is 11.6 Å². The smallest absolute Gasteiger partial charge is 0.436 e. The highest BCUT2D eigenvalue weighted by Gasteiger charge is 2.27. The molecule has 6 nitrogen and oxygen atoms in total. The zero-order chi connectivity index (χ0) is 14.9. The van der Waals surface area contributed by atoms with Gasteiger partial charge < -0.3 is 15.4 Å². The molecule has 0 aliphatic carbocycles. The van der Waals surface area contributed by atoms with Crippen LogP contribution in [-0.4, -0.2) is 40.6 Å². The molecule has 1 aliphatic rings. The molecular formula is C13H22Cl2N4O2. The number of aromatic nitrogens is 2. The van der Waals surface area contributed by atoms with E-state index in [1.165, 1.54) is 0 Å². The Bertz CT molecular complexity index is 499. The van der Waals surface area contributed by atoms with Crippen LogP contribution in [0, 0.1) is 0 Å². The number of carbonyl (C=O) groups is 1. The number of hydrogen-bond acceptors (Lipinski definition) is 5. The standard InChI is InChI=1S/C13H21ClN4O2.ClH/c1-8-5-15-7-10(17-8)9-6-16-18(11(9)14)12(19)20-13(2,3)4;/h6,8,10,15,17H,5,7H2,1-4H3;1H. The van der Waals surface area contributed by atoms with Gasteiger partial charge in [0.05, 0.1) is 6.20 Å². The van der Waals surface area contributed by atoms with Crippen molar-refractivity contribution in [3.05, 3.63) is 16.9 Å². The van der Waals surface area contributed by atoms with Crippen molar-refractivity contribution >= 4 is 30.1 Å². The predicted molar refractivity (Wildman–Crippen MR) is 84.3 cm³/mol. The summed E-state index contributed by atoms with van der Waals surface area (Å²) in [5.74, 6) is 0. The number of piperazine rings is 1. The molecule has 1 aromatic rings. The first-order valence-electron chi connectivity index (χ1n) is 6.71. The molecular weight excluding hydrogens is 315 g/mol. The molecule has 120 valence electrons. The Kier molecular flexibility index (Phi) is 6.04. The van der Waals surface area contributed by atoms with Gasteiger partial charge in [-0.2, -0.15) is 9.78 Å². The van der Waals surface area contributed by atoms with E-state index in [1.54, 1.807) is 27.0 Å². The maximum absolute atomic E-state index is 12.0. The second-order valence-electron chi connectivity index (χ2n) is 6.06. The molecule has 2 N–H and O–H groups in total. The topological polar surface area (TPSA) is 68.2 Å². The van der Waals surface area contributed by atoms with Crippen molar-refractivity contribution in [2.45, 2.75) is 45.4 Å². The van der Waals surface area contributed by atoms with Gasteiger partial charge in [0.1, 0.15) is 10.8 Å². The van der Waals surface area contributed by atoms with Crippen LogP contribution in [0.3, 0.4) is 0 Å². The van der Waals surface area contributed by atoms with Crippen LogP contribution in [0.5, 0.6) is 0 Å². The van der Waals surface area contributed by atoms with Crippen LogP contribution < -0.4 is 10.6 Å². The number of carbonyl (C=O) groups excluding carboxylic acids is 1. The number of hydrogen-bond donors (Lipinski definition) is 2. The summed E-state index contributed by atoms with van der Waals surface area (Å²) in [5.41, 5.74) is 0.225. The van der Waals surface area contributed by atoms with E-state index in [0.717, 1.165) is 23.3 Å². The van der Waals surface area contributed by atoms with Gasteiger partial charge in [-0.3, -0.25) is 0 Å². The van der Waals surface area contributed by atoms with Gasteiger partial charge in [-0.15, -0.1) is 12.4 Å². The van der Waals surface area contributed by atoms with Gasteiger partial charge >= 0.3 is 6.09 Å². The molecule has 21 heavy (non-hydrogen) atoms. The lowest BCUT2D eigenvalue weighted by molar-refractivity contribution is 0.0515. The highest BCUT2D eigenvalue weighted by molar-refractivity contribution is 6.31. The largest absolute Gasteiger partial charge is 0.442 e. The minimum atomic E-state index is -0.578. The number of ether oxygens (including phenoxy) is 1. The molecule has 1 aromatic heterocycles. The molecule has 1 fully saturated rings. The number of rotatable bonds is 1. The van der Waals surface area contributed by atoms with Crippen LogP contribution in [0.2, 0.25) is 5.15 Å². The van der Waals surface area contributed by atoms with E-state index in [2.05, 4.69) is 22.7 Å². The fourth-order valence-corrected chi connectivity index (χ4v) is 2.41. The van der Waals surface area contributed by atoms with Crippen molar-refractivity contribution in [3.8, 4) is 0 Å². The summed E-state index contributed by atoms with van der Waals surface area (Å²) in [7, 11) is 0. The Labute approximate surface area is 136 Å². The van der Waals surface area contributed by atoms with E-state index in [0.29, 0.717) is 11.2 Å². The zero-order valence-corrected chi connectivity index (χ0v) is 14.2. The third-order valence-corrected chi connectivity index (χ3v) is 3.34. The molecule has 0 spiro atoms. The van der Waals surface area contributed by atoms with E-state index < -0.39 is 11.7 Å². The average molecular weight is 337 g/mol. The summed E-state index contributed by atoms with van der Waals surface area (Å²) in [4.78, 5) is 12.0. The molecule has 1 saturated heterocycles. The lowest BCUT2D eigenvalue weighted by atomic mass is 10.1. The summed E-state index contributed by atoms with van der Waals surface area (Å²) in [6, 6.07) is 0.386. The van der Waals surface area contributed by atoms with E-state index in [1.807, 2.05) is 0 Å². The molecule has 2 unspecified atom stereocenters. The van der Waals surface area contributed by atoms with Crippen molar-refractivity contribution in [2.24, 2.45) is 0 Å². The Morgan fingerprint density at radius 2 is 2.14 bits per heavy atom. The van der Waals surface area contributed by atoms with Crippen molar-refractivity contribution in [1.82, 2.24) is 20.4 Å². The average Bonchev–Trinajstić information content (AvgIpc) is 2.69. The molecule has 8 heteroatoms. The monoisotopic (exact) mass is 336 g/mol. The lowest BCUT2D eigenvalue weighted by Gasteiger charge is -2.29. The Balaban J connectivity index is 0.00000220. The second kappa shape index (κ2) is 6.96. The molecule has 2 rings (SSSR count). The summed E-state index contributed by atoms with van der Waals surface area (Å²) >= 11 is 6.26. The van der Waals surface area contributed by atoms with Crippen LogP contribution in [0.4, 0.5) is 4.79 Å². The molecule has 0 bridgehead atoms. The minimum Gasteiger partial charge on any atom is -0.442 e. The normalized spacial score (nSPS) is 22.5. The molecule has 1 aliphatic heterocycles. The van der Waals surface area contributed by atoms with Crippen LogP contribution in [0.15, 0.2) is 6.20 Å². The lowest BCUT2D eigenvalue weighted by Crippen LogP contribution is -2.48. The van der Waals surface area contributed by atoms with E-state index >= 15 is 0 Å². The molecule has 0 saturated carbocycles. The molecule has 2 atom stereocenters. The van der Waals surface area contributed by atoms with Crippen molar-refractivity contribution in [3.63, 3.8) is 0 Å². The summed E-state index contributed by atoms with van der Waals surface area (Å²) in [6.45, 7) is 9.16. The van der Waals surface area contributed by atoms with E-state index in [4.69, 9.17) is 16.3 Å². The fourth-order valence-electron chi connectivity index (χ4n) is 2.12. The Morgan fingerprint density at radius 1 is 1.48 bits per heavy atom. The van der Waals surface area contributed by atoms with Gasteiger partial charge in [0.15, 0.2) is 0 Å². The Morgan fingerprint density at radius 3 is 2.71 bits per heavy atom. The minimum absolute atomic E-state index is 0. The summed E-state index contributed by atoms with van der Waals surface area (Å²) in [5, 5.41) is 11.1. The van der Waals surface area contributed by atoms with Gasteiger partial charge in [0.25, 0.3) is 0 Å². The van der Waals surface area contributed by atoms with Crippen LogP contribution in [0.25, 0.3) is 0 Å². The van der Waals surface area contributed by atoms with E-state index in [-0.39, 0.29) is 18.4 Å². The molecule has 0 aromatic carbocycles. The van der Waals surface area contributed by atoms with Crippen LogP contribution in [-0.2, 0) is 4.74 Å². The summed E-state index contributed by atoms with van der Waals surface area (Å²) < 4.78 is 6.37. The maximum Gasteiger partial charge on any atom is 0.436 e. The highest BCUT2D eigenvalue weighted by atomic mass is 35.5.